The highest BCUT2D eigenvalue weighted by atomic mass is 16.3. The largest absolute Gasteiger partial charge is 0.388 e. The molecule has 1 fully saturated rings. The minimum Gasteiger partial charge on any atom is -0.388 e. The Kier molecular flexibility index (Phi) is 4.81. The van der Waals surface area contributed by atoms with Gasteiger partial charge in [-0.3, -0.25) is 5.84 Å². The Morgan fingerprint density at radius 1 is 1.22 bits per heavy atom. The normalized spacial score (nSPS) is 23.4. The minimum absolute atomic E-state index is 0.421. The standard InChI is InChI=1S/C20H26N2O/c1-3-6-17-14(2)19(23)13-16-7-4-5-8-18(16)20(17)15-9-11-22(21)12-10-15/h3-8,19,23H,9-13,21H2,1-2H3/b6-3-. The van der Waals surface area contributed by atoms with Crippen LogP contribution in [0.2, 0.25) is 0 Å². The van der Waals surface area contributed by atoms with E-state index in [0.29, 0.717) is 6.42 Å². The van der Waals surface area contributed by atoms with Gasteiger partial charge in [0.25, 0.3) is 0 Å². The van der Waals surface area contributed by atoms with Crippen molar-refractivity contribution in [2.24, 2.45) is 5.84 Å². The fourth-order valence-electron chi connectivity index (χ4n) is 3.63. The Morgan fingerprint density at radius 2 is 1.91 bits per heavy atom. The fraction of sp³-hybridized carbons (Fsp3) is 0.400. The van der Waals surface area contributed by atoms with E-state index in [-0.39, 0.29) is 0 Å². The van der Waals surface area contributed by atoms with E-state index in [1.807, 2.05) is 11.9 Å². The molecular formula is C20H26N2O. The van der Waals surface area contributed by atoms with Crippen LogP contribution < -0.4 is 5.84 Å². The highest BCUT2D eigenvalue weighted by Crippen LogP contribution is 2.39. The van der Waals surface area contributed by atoms with Gasteiger partial charge in [0, 0.05) is 19.5 Å². The van der Waals surface area contributed by atoms with Crippen molar-refractivity contribution in [3.05, 3.63) is 64.3 Å². The van der Waals surface area contributed by atoms with Crippen LogP contribution in [-0.2, 0) is 6.42 Å². The van der Waals surface area contributed by atoms with Gasteiger partial charge in [-0.05, 0) is 54.5 Å². The van der Waals surface area contributed by atoms with Gasteiger partial charge in [-0.1, -0.05) is 42.0 Å². The molecule has 122 valence electrons. The maximum absolute atomic E-state index is 10.6. The average Bonchev–Trinajstić information content (AvgIpc) is 2.65. The zero-order chi connectivity index (χ0) is 16.4. The summed E-state index contributed by atoms with van der Waals surface area (Å²) in [5.41, 5.74) is 7.54. The van der Waals surface area contributed by atoms with Crippen molar-refractivity contribution in [3.8, 4) is 0 Å². The molecule has 1 aliphatic heterocycles. The molecule has 3 nitrogen and oxygen atoms in total. The second-order valence-electron chi connectivity index (χ2n) is 6.49. The van der Waals surface area contributed by atoms with Crippen molar-refractivity contribution >= 4 is 5.57 Å². The summed E-state index contributed by atoms with van der Waals surface area (Å²) in [5.74, 6) is 5.94. The van der Waals surface area contributed by atoms with E-state index >= 15 is 0 Å². The molecule has 3 rings (SSSR count). The molecule has 1 heterocycles. The molecule has 2 aliphatic rings. The molecule has 23 heavy (non-hydrogen) atoms. The maximum Gasteiger partial charge on any atom is 0.0796 e. The molecule has 0 bridgehead atoms. The number of benzene rings is 1. The number of hydrazine groups is 1. The van der Waals surface area contributed by atoms with Gasteiger partial charge in [0.15, 0.2) is 0 Å². The first-order chi connectivity index (χ1) is 11.1. The number of hydrogen-bond donors (Lipinski definition) is 2. The number of aliphatic hydroxyl groups is 1. The van der Waals surface area contributed by atoms with Gasteiger partial charge < -0.3 is 5.11 Å². The smallest absolute Gasteiger partial charge is 0.0796 e. The number of nitrogens with two attached hydrogens (primary N) is 1. The summed E-state index contributed by atoms with van der Waals surface area (Å²) in [7, 11) is 0. The summed E-state index contributed by atoms with van der Waals surface area (Å²) in [6.45, 7) is 5.89. The van der Waals surface area contributed by atoms with Crippen molar-refractivity contribution in [1.29, 1.82) is 0 Å². The summed E-state index contributed by atoms with van der Waals surface area (Å²) in [6, 6.07) is 8.49. The van der Waals surface area contributed by atoms with E-state index in [1.165, 1.54) is 27.8 Å². The predicted octanol–water partition coefficient (Wildman–Crippen LogP) is 3.22. The summed E-state index contributed by atoms with van der Waals surface area (Å²) in [6.07, 6.45) is 6.46. The molecule has 0 amide bonds. The van der Waals surface area contributed by atoms with Gasteiger partial charge in [0.1, 0.15) is 0 Å². The molecule has 1 aromatic rings. The second-order valence-corrected chi connectivity index (χ2v) is 6.49. The minimum atomic E-state index is -0.421. The number of nitrogens with zero attached hydrogens (tertiary/aromatic N) is 1. The molecule has 1 aromatic carbocycles. The number of fused-ring (bicyclic) bond motifs is 1. The molecule has 0 saturated carbocycles. The number of hydrogen-bond acceptors (Lipinski definition) is 3. The third-order valence-corrected chi connectivity index (χ3v) is 4.98. The van der Waals surface area contributed by atoms with Crippen LogP contribution in [0.3, 0.4) is 0 Å². The first-order valence-corrected chi connectivity index (χ1v) is 8.43. The molecule has 3 heteroatoms. The second kappa shape index (κ2) is 6.83. The molecule has 1 saturated heterocycles. The zero-order valence-electron chi connectivity index (χ0n) is 14.0. The maximum atomic E-state index is 10.6. The summed E-state index contributed by atoms with van der Waals surface area (Å²) in [5, 5.41) is 12.5. The monoisotopic (exact) mass is 310 g/mol. The number of piperidine rings is 1. The van der Waals surface area contributed by atoms with Crippen molar-refractivity contribution in [3.63, 3.8) is 0 Å². The van der Waals surface area contributed by atoms with Crippen LogP contribution in [0.1, 0.15) is 37.8 Å². The molecule has 0 aromatic heterocycles. The molecule has 1 unspecified atom stereocenters. The van der Waals surface area contributed by atoms with Crippen LogP contribution in [0, 0.1) is 0 Å². The average molecular weight is 310 g/mol. The van der Waals surface area contributed by atoms with Gasteiger partial charge in [-0.2, -0.15) is 0 Å². The van der Waals surface area contributed by atoms with E-state index in [2.05, 4.69) is 43.3 Å². The lowest BCUT2D eigenvalue weighted by Gasteiger charge is -2.27. The molecule has 1 atom stereocenters. The van der Waals surface area contributed by atoms with Crippen LogP contribution >= 0.6 is 0 Å². The Morgan fingerprint density at radius 3 is 2.61 bits per heavy atom. The first kappa shape index (κ1) is 16.2. The summed E-state index contributed by atoms with van der Waals surface area (Å²) < 4.78 is 0. The third-order valence-electron chi connectivity index (χ3n) is 4.98. The fourth-order valence-corrected chi connectivity index (χ4v) is 3.63. The zero-order valence-corrected chi connectivity index (χ0v) is 14.0. The van der Waals surface area contributed by atoms with Gasteiger partial charge in [0.05, 0.1) is 6.10 Å². The number of allylic oxidation sites excluding steroid dienone is 4. The predicted molar refractivity (Wildman–Crippen MR) is 95.6 cm³/mol. The summed E-state index contributed by atoms with van der Waals surface area (Å²) >= 11 is 0. The first-order valence-electron chi connectivity index (χ1n) is 8.43. The Labute approximate surface area is 138 Å². The summed E-state index contributed by atoms with van der Waals surface area (Å²) in [4.78, 5) is 0. The van der Waals surface area contributed by atoms with E-state index in [4.69, 9.17) is 5.84 Å². The van der Waals surface area contributed by atoms with Gasteiger partial charge >= 0.3 is 0 Å². The van der Waals surface area contributed by atoms with E-state index in [0.717, 1.165) is 31.5 Å². The molecular weight excluding hydrogens is 284 g/mol. The molecule has 0 spiro atoms. The highest BCUT2D eigenvalue weighted by Gasteiger charge is 2.26. The molecule has 0 radical (unpaired) electrons. The quantitative estimate of drug-likeness (QED) is 0.783. The van der Waals surface area contributed by atoms with E-state index < -0.39 is 6.10 Å². The van der Waals surface area contributed by atoms with Crippen LogP contribution in [0.15, 0.2) is 53.1 Å². The molecule has 3 N–H and O–H groups in total. The van der Waals surface area contributed by atoms with Crippen molar-refractivity contribution in [2.75, 3.05) is 13.1 Å². The Balaban J connectivity index is 2.23. The van der Waals surface area contributed by atoms with Gasteiger partial charge in [0.2, 0.25) is 0 Å². The van der Waals surface area contributed by atoms with Crippen molar-refractivity contribution < 1.29 is 5.11 Å². The van der Waals surface area contributed by atoms with E-state index in [1.54, 1.807) is 0 Å². The van der Waals surface area contributed by atoms with Crippen molar-refractivity contribution in [2.45, 2.75) is 39.2 Å². The van der Waals surface area contributed by atoms with Crippen LogP contribution in [0.5, 0.6) is 0 Å². The Hall–Kier alpha value is -1.68. The lowest BCUT2D eigenvalue weighted by molar-refractivity contribution is 0.211. The van der Waals surface area contributed by atoms with Crippen LogP contribution in [0.25, 0.3) is 5.57 Å². The number of rotatable bonds is 1. The lowest BCUT2D eigenvalue weighted by Crippen LogP contribution is -2.36. The van der Waals surface area contributed by atoms with Crippen LogP contribution in [-0.4, -0.2) is 29.3 Å². The van der Waals surface area contributed by atoms with E-state index in [9.17, 15) is 5.11 Å². The van der Waals surface area contributed by atoms with Crippen molar-refractivity contribution in [1.82, 2.24) is 5.01 Å². The number of aliphatic hydroxyl groups excluding tert-OH is 1. The highest BCUT2D eigenvalue weighted by molar-refractivity contribution is 5.87. The Bertz CT molecular complexity index is 675. The van der Waals surface area contributed by atoms with Gasteiger partial charge in [-0.15, -0.1) is 0 Å². The lowest BCUT2D eigenvalue weighted by atomic mass is 9.86. The third kappa shape index (κ3) is 3.18. The SMILES string of the molecule is C/C=C\C1=C(C)C(O)Cc2ccccc2C1=C1CCN(N)CC1. The van der Waals surface area contributed by atoms with Crippen LogP contribution in [0.4, 0.5) is 0 Å². The topological polar surface area (TPSA) is 49.5 Å². The van der Waals surface area contributed by atoms with Gasteiger partial charge in [-0.25, -0.2) is 5.01 Å². The molecule has 1 aliphatic carbocycles.